The number of aromatic nitrogens is 2. The fourth-order valence-corrected chi connectivity index (χ4v) is 4.87. The molecule has 0 saturated heterocycles. The highest BCUT2D eigenvalue weighted by Crippen LogP contribution is 2.35. The van der Waals surface area contributed by atoms with Gasteiger partial charge in [0.25, 0.3) is 0 Å². The molecule has 7 nitrogen and oxygen atoms in total. The summed E-state index contributed by atoms with van der Waals surface area (Å²) in [6, 6.07) is 10.8. The molecule has 0 aliphatic carbocycles. The Hall–Kier alpha value is -2.10. The lowest BCUT2D eigenvalue weighted by Crippen LogP contribution is -2.26. The summed E-state index contributed by atoms with van der Waals surface area (Å²) in [5.74, 6) is 0.807. The Morgan fingerprint density at radius 3 is 2.59 bits per heavy atom. The van der Waals surface area contributed by atoms with Crippen molar-refractivity contribution < 1.29 is 17.9 Å². The number of halogens is 1. The summed E-state index contributed by atoms with van der Waals surface area (Å²) in [6.07, 6.45) is 2.40. The normalized spacial score (nSPS) is 11.7. The van der Waals surface area contributed by atoms with Crippen molar-refractivity contribution in [3.8, 4) is 11.5 Å². The maximum atomic E-state index is 12.6. The van der Waals surface area contributed by atoms with Crippen molar-refractivity contribution in [1.82, 2.24) is 14.3 Å². The minimum Gasteiger partial charge on any atom is -0.493 e. The molecule has 27 heavy (non-hydrogen) atoms. The Labute approximate surface area is 166 Å². The minimum absolute atomic E-state index is 0.105. The number of hydrogen-bond donors (Lipinski definition) is 1. The fraction of sp³-hybridized carbons (Fsp3) is 0.278. The van der Waals surface area contributed by atoms with E-state index in [0.29, 0.717) is 35.5 Å². The molecule has 2 aromatic carbocycles. The van der Waals surface area contributed by atoms with Gasteiger partial charge in [0.15, 0.2) is 11.5 Å². The number of rotatable bonds is 8. The second-order valence-electron chi connectivity index (χ2n) is 5.82. The van der Waals surface area contributed by atoms with Crippen LogP contribution in [0.5, 0.6) is 11.5 Å². The van der Waals surface area contributed by atoms with Crippen molar-refractivity contribution in [2.75, 3.05) is 20.8 Å². The first-order valence-corrected chi connectivity index (χ1v) is 10.5. The maximum absolute atomic E-state index is 12.6. The SMILES string of the molecule is COc1cc(Br)c(S(=O)(=O)NCCCn2cnc3ccccc32)cc1OC. The molecule has 0 spiro atoms. The van der Waals surface area contributed by atoms with E-state index in [9.17, 15) is 8.42 Å². The van der Waals surface area contributed by atoms with E-state index in [-0.39, 0.29) is 4.90 Å². The Balaban J connectivity index is 1.67. The molecule has 0 saturated carbocycles. The highest BCUT2D eigenvalue weighted by molar-refractivity contribution is 9.10. The second kappa shape index (κ2) is 8.28. The molecule has 0 aliphatic heterocycles. The predicted molar refractivity (Wildman–Crippen MR) is 107 cm³/mol. The van der Waals surface area contributed by atoms with E-state index in [2.05, 4.69) is 25.6 Å². The molecule has 0 radical (unpaired) electrons. The Bertz CT molecular complexity index is 1050. The van der Waals surface area contributed by atoms with Gasteiger partial charge in [-0.3, -0.25) is 0 Å². The third-order valence-corrected chi connectivity index (χ3v) is 6.54. The molecule has 0 amide bonds. The average Bonchev–Trinajstić information content (AvgIpc) is 3.08. The Kier molecular flexibility index (Phi) is 6.03. The van der Waals surface area contributed by atoms with E-state index < -0.39 is 10.0 Å². The number of methoxy groups -OCH3 is 2. The van der Waals surface area contributed by atoms with Crippen molar-refractivity contribution in [1.29, 1.82) is 0 Å². The molecule has 1 heterocycles. The predicted octanol–water partition coefficient (Wildman–Crippen LogP) is 3.18. The monoisotopic (exact) mass is 453 g/mol. The summed E-state index contributed by atoms with van der Waals surface area (Å²) < 4.78 is 40.7. The summed E-state index contributed by atoms with van der Waals surface area (Å²) >= 11 is 3.29. The van der Waals surface area contributed by atoms with Crippen molar-refractivity contribution in [2.45, 2.75) is 17.9 Å². The lowest BCUT2D eigenvalue weighted by atomic mass is 10.3. The molecule has 0 bridgehead atoms. The smallest absolute Gasteiger partial charge is 0.241 e. The molecular weight excluding hydrogens is 434 g/mol. The second-order valence-corrected chi connectivity index (χ2v) is 8.41. The summed E-state index contributed by atoms with van der Waals surface area (Å²) in [5.41, 5.74) is 1.95. The molecule has 3 rings (SSSR count). The first kappa shape index (κ1) is 19.7. The van der Waals surface area contributed by atoms with Gasteiger partial charge in [-0.05, 0) is 40.5 Å². The van der Waals surface area contributed by atoms with Crippen LogP contribution < -0.4 is 14.2 Å². The summed E-state index contributed by atoms with van der Waals surface area (Å²) in [5, 5.41) is 0. The van der Waals surface area contributed by atoms with Gasteiger partial charge in [-0.2, -0.15) is 0 Å². The van der Waals surface area contributed by atoms with Crippen molar-refractivity contribution >= 4 is 37.0 Å². The number of hydrogen-bond acceptors (Lipinski definition) is 5. The molecule has 0 aliphatic rings. The third-order valence-electron chi connectivity index (χ3n) is 4.12. The molecule has 1 aromatic heterocycles. The number of para-hydroxylation sites is 2. The van der Waals surface area contributed by atoms with Crippen LogP contribution in [0, 0.1) is 0 Å². The van der Waals surface area contributed by atoms with Gasteiger partial charge in [0.1, 0.15) is 4.90 Å². The van der Waals surface area contributed by atoms with E-state index in [0.717, 1.165) is 11.0 Å². The third kappa shape index (κ3) is 4.26. The highest BCUT2D eigenvalue weighted by atomic mass is 79.9. The lowest BCUT2D eigenvalue weighted by molar-refractivity contribution is 0.353. The van der Waals surface area contributed by atoms with Crippen LogP contribution in [0.3, 0.4) is 0 Å². The van der Waals surface area contributed by atoms with Crippen LogP contribution in [0.15, 0.2) is 52.1 Å². The highest BCUT2D eigenvalue weighted by Gasteiger charge is 2.20. The van der Waals surface area contributed by atoms with Gasteiger partial charge in [-0.25, -0.2) is 18.1 Å². The van der Waals surface area contributed by atoms with Gasteiger partial charge in [0.2, 0.25) is 10.0 Å². The standard InChI is InChI=1S/C18H20BrN3O4S/c1-25-16-10-13(19)18(11-17(16)26-2)27(23,24)21-8-5-9-22-12-20-14-6-3-4-7-15(14)22/h3-4,6-7,10-12,21H,5,8-9H2,1-2H3. The fourth-order valence-electron chi connectivity index (χ4n) is 2.76. The summed E-state index contributed by atoms with van der Waals surface area (Å²) in [7, 11) is -0.730. The number of benzene rings is 2. The van der Waals surface area contributed by atoms with Crippen LogP contribution in [0.2, 0.25) is 0 Å². The van der Waals surface area contributed by atoms with Gasteiger partial charge in [-0.1, -0.05) is 12.1 Å². The summed E-state index contributed by atoms with van der Waals surface area (Å²) in [4.78, 5) is 4.44. The number of imidazole rings is 1. The largest absolute Gasteiger partial charge is 0.493 e. The minimum atomic E-state index is -3.69. The van der Waals surface area contributed by atoms with Crippen LogP contribution in [-0.4, -0.2) is 38.7 Å². The van der Waals surface area contributed by atoms with Crippen molar-refractivity contribution in [3.05, 3.63) is 47.2 Å². The van der Waals surface area contributed by atoms with Crippen molar-refractivity contribution in [2.24, 2.45) is 0 Å². The van der Waals surface area contributed by atoms with Gasteiger partial charge in [-0.15, -0.1) is 0 Å². The topological polar surface area (TPSA) is 82.5 Å². The number of nitrogens with zero attached hydrogens (tertiary/aromatic N) is 2. The quantitative estimate of drug-likeness (QED) is 0.529. The number of ether oxygens (including phenoxy) is 2. The number of fused-ring (bicyclic) bond motifs is 1. The molecule has 1 N–H and O–H groups in total. The molecule has 144 valence electrons. The molecule has 3 aromatic rings. The molecule has 0 unspecified atom stereocenters. The Morgan fingerprint density at radius 1 is 1.15 bits per heavy atom. The average molecular weight is 454 g/mol. The Morgan fingerprint density at radius 2 is 1.85 bits per heavy atom. The van der Waals surface area contributed by atoms with E-state index in [4.69, 9.17) is 9.47 Å². The van der Waals surface area contributed by atoms with Crippen molar-refractivity contribution in [3.63, 3.8) is 0 Å². The first-order valence-electron chi connectivity index (χ1n) is 8.27. The van der Waals surface area contributed by atoms with E-state index in [1.807, 2.05) is 28.8 Å². The molecule has 0 fully saturated rings. The lowest BCUT2D eigenvalue weighted by Gasteiger charge is -2.13. The van der Waals surface area contributed by atoms with E-state index >= 15 is 0 Å². The number of sulfonamides is 1. The van der Waals surface area contributed by atoms with Crippen LogP contribution in [-0.2, 0) is 16.6 Å². The molecule has 9 heteroatoms. The van der Waals surface area contributed by atoms with Gasteiger partial charge >= 0.3 is 0 Å². The van der Waals surface area contributed by atoms with E-state index in [1.165, 1.54) is 20.3 Å². The van der Waals surface area contributed by atoms with Gasteiger partial charge in [0, 0.05) is 23.6 Å². The van der Waals surface area contributed by atoms with Crippen LogP contribution in [0.25, 0.3) is 11.0 Å². The maximum Gasteiger partial charge on any atom is 0.241 e. The number of aryl methyl sites for hydroxylation is 1. The zero-order valence-corrected chi connectivity index (χ0v) is 17.4. The van der Waals surface area contributed by atoms with Crippen LogP contribution in [0.1, 0.15) is 6.42 Å². The van der Waals surface area contributed by atoms with Gasteiger partial charge < -0.3 is 14.0 Å². The zero-order valence-electron chi connectivity index (χ0n) is 15.0. The van der Waals surface area contributed by atoms with Crippen LogP contribution >= 0.6 is 15.9 Å². The summed E-state index contributed by atoms with van der Waals surface area (Å²) in [6.45, 7) is 0.964. The number of nitrogens with one attached hydrogen (secondary N) is 1. The van der Waals surface area contributed by atoms with E-state index in [1.54, 1.807) is 12.4 Å². The zero-order chi connectivity index (χ0) is 19.4. The molecule has 0 atom stereocenters. The van der Waals surface area contributed by atoms with Crippen LogP contribution in [0.4, 0.5) is 0 Å². The van der Waals surface area contributed by atoms with Gasteiger partial charge in [0.05, 0.1) is 31.6 Å². The first-order chi connectivity index (χ1) is 13.0. The molecular formula is C18H20BrN3O4S.